The third-order valence-corrected chi connectivity index (χ3v) is 6.33. The summed E-state index contributed by atoms with van der Waals surface area (Å²) < 4.78 is 18.6. The van der Waals surface area contributed by atoms with Crippen LogP contribution in [0.1, 0.15) is 24.2 Å². The van der Waals surface area contributed by atoms with Crippen molar-refractivity contribution in [1.29, 1.82) is 0 Å². The molecular weight excluding hydrogens is 468 g/mol. The molecule has 0 saturated carbocycles. The molecule has 2 aromatic heterocycles. The molecule has 4 rings (SSSR count). The monoisotopic (exact) mass is 490 g/mol. The van der Waals surface area contributed by atoms with Gasteiger partial charge in [0.2, 0.25) is 16.9 Å². The number of fused-ring (bicyclic) bond motifs is 1. The van der Waals surface area contributed by atoms with E-state index in [0.29, 0.717) is 58.6 Å². The van der Waals surface area contributed by atoms with E-state index in [0.717, 1.165) is 0 Å². The van der Waals surface area contributed by atoms with Gasteiger partial charge in [-0.3, -0.25) is 19.6 Å². The van der Waals surface area contributed by atoms with E-state index in [4.69, 9.17) is 14.2 Å². The van der Waals surface area contributed by atoms with Crippen molar-refractivity contribution in [2.45, 2.75) is 24.7 Å². The normalized spacial score (nSPS) is 12.3. The van der Waals surface area contributed by atoms with E-state index in [9.17, 15) is 9.59 Å². The summed E-state index contributed by atoms with van der Waals surface area (Å²) in [6, 6.07) is 5.25. The van der Waals surface area contributed by atoms with Gasteiger partial charge in [0.05, 0.1) is 12.4 Å². The smallest absolute Gasteiger partial charge is 0.264 e. The Morgan fingerprint density at radius 3 is 2.79 bits per heavy atom. The standard InChI is InChI=1S/C20H22N6O5S2/c1-3-26-10-13(18(25-26)29-4-2)17(28)22-19-23-24-20(33-19)32-11-16(27)21-12-5-6-14-15(9-12)31-8-7-30-14/h5-6,9-10H,3-4,7-8,11H2,1-2H3,(H,21,27)(H,22,23,28). The Kier molecular flexibility index (Phi) is 7.29. The van der Waals surface area contributed by atoms with Gasteiger partial charge in [-0.15, -0.1) is 15.3 Å². The number of ether oxygens (including phenoxy) is 3. The zero-order chi connectivity index (χ0) is 23.2. The number of amides is 2. The van der Waals surface area contributed by atoms with Crippen LogP contribution in [0.4, 0.5) is 10.8 Å². The zero-order valence-electron chi connectivity index (χ0n) is 18.0. The van der Waals surface area contributed by atoms with Gasteiger partial charge in [0, 0.05) is 24.5 Å². The van der Waals surface area contributed by atoms with Gasteiger partial charge >= 0.3 is 0 Å². The highest BCUT2D eigenvalue weighted by Gasteiger charge is 2.19. The zero-order valence-corrected chi connectivity index (χ0v) is 19.6. The lowest BCUT2D eigenvalue weighted by atomic mass is 10.2. The highest BCUT2D eigenvalue weighted by atomic mass is 32.2. The van der Waals surface area contributed by atoms with Gasteiger partial charge < -0.3 is 19.5 Å². The van der Waals surface area contributed by atoms with Crippen molar-refractivity contribution in [3.05, 3.63) is 30.0 Å². The summed E-state index contributed by atoms with van der Waals surface area (Å²) in [6.45, 7) is 5.74. The topological polar surface area (TPSA) is 129 Å². The first-order chi connectivity index (χ1) is 16.1. The minimum absolute atomic E-state index is 0.134. The molecule has 2 N–H and O–H groups in total. The molecule has 0 aliphatic carbocycles. The van der Waals surface area contributed by atoms with Crippen molar-refractivity contribution in [2.24, 2.45) is 0 Å². The number of anilines is 2. The van der Waals surface area contributed by atoms with Crippen LogP contribution in [-0.2, 0) is 11.3 Å². The van der Waals surface area contributed by atoms with Gasteiger partial charge in [-0.05, 0) is 26.0 Å². The van der Waals surface area contributed by atoms with Crippen LogP contribution in [0.5, 0.6) is 17.4 Å². The maximum absolute atomic E-state index is 12.6. The van der Waals surface area contributed by atoms with Crippen LogP contribution in [-0.4, -0.2) is 57.4 Å². The molecule has 1 aliphatic rings. The Balaban J connectivity index is 1.30. The number of nitrogens with zero attached hydrogens (tertiary/aromatic N) is 4. The second-order valence-electron chi connectivity index (χ2n) is 6.66. The van der Waals surface area contributed by atoms with Crippen molar-refractivity contribution < 1.29 is 23.8 Å². The number of carbonyl (C=O) groups is 2. The Morgan fingerprint density at radius 1 is 1.18 bits per heavy atom. The van der Waals surface area contributed by atoms with Gasteiger partial charge in [-0.25, -0.2) is 0 Å². The minimum Gasteiger partial charge on any atom is -0.486 e. The fraction of sp³-hybridized carbons (Fsp3) is 0.350. The summed E-state index contributed by atoms with van der Waals surface area (Å²) in [5.41, 5.74) is 0.940. The number of aromatic nitrogens is 4. The molecule has 13 heteroatoms. The SMILES string of the molecule is CCOc1nn(CC)cc1C(=O)Nc1nnc(SCC(=O)Nc2ccc3c(c2)OCCO3)s1. The summed E-state index contributed by atoms with van der Waals surface area (Å²) in [7, 11) is 0. The predicted octanol–water partition coefficient (Wildman–Crippen LogP) is 2.91. The lowest BCUT2D eigenvalue weighted by Crippen LogP contribution is -2.17. The highest BCUT2D eigenvalue weighted by molar-refractivity contribution is 8.01. The maximum Gasteiger partial charge on any atom is 0.264 e. The molecule has 3 heterocycles. The molecule has 0 saturated heterocycles. The van der Waals surface area contributed by atoms with Crippen LogP contribution in [0.2, 0.25) is 0 Å². The van der Waals surface area contributed by atoms with Gasteiger partial charge in [-0.1, -0.05) is 23.1 Å². The number of carbonyl (C=O) groups excluding carboxylic acids is 2. The second-order valence-corrected chi connectivity index (χ2v) is 8.86. The van der Waals surface area contributed by atoms with Gasteiger partial charge in [0.15, 0.2) is 15.8 Å². The molecule has 2 amide bonds. The second kappa shape index (κ2) is 10.5. The molecule has 0 unspecified atom stereocenters. The Bertz CT molecular complexity index is 1150. The lowest BCUT2D eigenvalue weighted by Gasteiger charge is -2.18. The van der Waals surface area contributed by atoms with Crippen molar-refractivity contribution in [1.82, 2.24) is 20.0 Å². The van der Waals surface area contributed by atoms with Crippen molar-refractivity contribution in [2.75, 3.05) is 36.2 Å². The first-order valence-corrected chi connectivity index (χ1v) is 12.0. The molecule has 11 nitrogen and oxygen atoms in total. The molecule has 1 aromatic carbocycles. The van der Waals surface area contributed by atoms with E-state index in [1.54, 1.807) is 29.1 Å². The Labute approximate surface area is 197 Å². The van der Waals surface area contributed by atoms with Gasteiger partial charge in [0.25, 0.3) is 5.91 Å². The Morgan fingerprint density at radius 2 is 2.00 bits per heavy atom. The molecule has 0 atom stereocenters. The molecule has 0 bridgehead atoms. The van der Waals surface area contributed by atoms with Gasteiger partial charge in [0.1, 0.15) is 18.8 Å². The van der Waals surface area contributed by atoms with Crippen molar-refractivity contribution in [3.8, 4) is 17.4 Å². The van der Waals surface area contributed by atoms with Gasteiger partial charge in [-0.2, -0.15) is 0 Å². The highest BCUT2D eigenvalue weighted by Crippen LogP contribution is 2.33. The van der Waals surface area contributed by atoms with Crippen LogP contribution >= 0.6 is 23.1 Å². The van der Waals surface area contributed by atoms with E-state index >= 15 is 0 Å². The number of aryl methyl sites for hydroxylation is 1. The first kappa shape index (κ1) is 22.9. The maximum atomic E-state index is 12.6. The number of hydrogen-bond acceptors (Lipinski definition) is 10. The summed E-state index contributed by atoms with van der Waals surface area (Å²) >= 11 is 2.40. The minimum atomic E-state index is -0.387. The van der Waals surface area contributed by atoms with Crippen LogP contribution in [0, 0.1) is 0 Å². The number of thioether (sulfide) groups is 1. The van der Waals surface area contributed by atoms with Crippen LogP contribution < -0.4 is 24.8 Å². The van der Waals surface area contributed by atoms with E-state index in [1.165, 1.54) is 23.1 Å². The number of benzene rings is 1. The average molecular weight is 491 g/mol. The van der Waals surface area contributed by atoms with E-state index in [-0.39, 0.29) is 23.4 Å². The Hall–Kier alpha value is -3.32. The fourth-order valence-electron chi connectivity index (χ4n) is 2.89. The molecule has 3 aromatic rings. The molecule has 0 fully saturated rings. The fourth-order valence-corrected chi connectivity index (χ4v) is 4.44. The first-order valence-electron chi connectivity index (χ1n) is 10.2. The number of hydrogen-bond donors (Lipinski definition) is 2. The summed E-state index contributed by atoms with van der Waals surface area (Å²) in [4.78, 5) is 24.9. The molecule has 33 heavy (non-hydrogen) atoms. The predicted molar refractivity (Wildman–Crippen MR) is 124 cm³/mol. The van der Waals surface area contributed by atoms with E-state index in [2.05, 4.69) is 25.9 Å². The quantitative estimate of drug-likeness (QED) is 0.343. The molecule has 1 aliphatic heterocycles. The lowest BCUT2D eigenvalue weighted by molar-refractivity contribution is -0.113. The molecule has 0 spiro atoms. The number of nitrogens with one attached hydrogen (secondary N) is 2. The number of rotatable bonds is 9. The largest absolute Gasteiger partial charge is 0.486 e. The van der Waals surface area contributed by atoms with Crippen LogP contribution in [0.3, 0.4) is 0 Å². The average Bonchev–Trinajstić information content (AvgIpc) is 3.44. The van der Waals surface area contributed by atoms with Crippen molar-refractivity contribution >= 4 is 45.7 Å². The van der Waals surface area contributed by atoms with E-state index in [1.807, 2.05) is 13.8 Å². The molecule has 0 radical (unpaired) electrons. The molecular formula is C20H22N6O5S2. The van der Waals surface area contributed by atoms with Crippen molar-refractivity contribution in [3.63, 3.8) is 0 Å². The summed E-state index contributed by atoms with van der Waals surface area (Å²) in [5, 5.41) is 18.1. The summed E-state index contributed by atoms with van der Waals surface area (Å²) in [5.74, 6) is 1.08. The van der Waals surface area contributed by atoms with E-state index < -0.39 is 0 Å². The summed E-state index contributed by atoms with van der Waals surface area (Å²) in [6.07, 6.45) is 1.62. The third kappa shape index (κ3) is 5.73. The van der Waals surface area contributed by atoms with Crippen LogP contribution in [0.25, 0.3) is 0 Å². The molecule has 174 valence electrons. The third-order valence-electron chi connectivity index (χ3n) is 4.36. The van der Waals surface area contributed by atoms with Crippen LogP contribution in [0.15, 0.2) is 28.7 Å².